The van der Waals surface area contributed by atoms with Gasteiger partial charge in [-0.3, -0.25) is 9.69 Å². The summed E-state index contributed by atoms with van der Waals surface area (Å²) in [7, 11) is 1.75. The van der Waals surface area contributed by atoms with Crippen LogP contribution in [0.1, 0.15) is 32.1 Å². The molecule has 2 rings (SSSR count). The van der Waals surface area contributed by atoms with E-state index in [0.717, 1.165) is 51.8 Å². The fourth-order valence-electron chi connectivity index (χ4n) is 3.35. The average molecular weight is 241 g/mol. The predicted octanol–water partition coefficient (Wildman–Crippen LogP) is 1.60. The number of nitrogens with zero attached hydrogens (tertiary/aromatic N) is 1. The molecule has 0 aromatic rings. The van der Waals surface area contributed by atoms with Gasteiger partial charge in [0.25, 0.3) is 0 Å². The van der Waals surface area contributed by atoms with Crippen molar-refractivity contribution in [2.45, 2.75) is 38.1 Å². The van der Waals surface area contributed by atoms with Crippen molar-refractivity contribution in [3.63, 3.8) is 0 Å². The molecular weight excluding hydrogens is 218 g/mol. The minimum Gasteiger partial charge on any atom is -0.481 e. The maximum atomic E-state index is 11.2. The molecule has 4 nitrogen and oxygen atoms in total. The average Bonchev–Trinajstić information content (AvgIpc) is 2.79. The van der Waals surface area contributed by atoms with Crippen molar-refractivity contribution in [2.75, 3.05) is 26.8 Å². The van der Waals surface area contributed by atoms with Gasteiger partial charge in [-0.1, -0.05) is 6.42 Å². The number of aliphatic carboxylic acids is 1. The molecule has 2 unspecified atom stereocenters. The van der Waals surface area contributed by atoms with Crippen molar-refractivity contribution in [2.24, 2.45) is 11.8 Å². The first-order valence-corrected chi connectivity index (χ1v) is 6.68. The van der Waals surface area contributed by atoms with E-state index in [1.807, 2.05) is 0 Å². The Bertz CT molecular complexity index is 261. The second-order valence-electron chi connectivity index (χ2n) is 5.38. The summed E-state index contributed by atoms with van der Waals surface area (Å²) in [6.07, 6.45) is 5.29. The molecule has 4 heteroatoms. The van der Waals surface area contributed by atoms with Gasteiger partial charge in [0.05, 0.1) is 5.92 Å². The second kappa shape index (κ2) is 5.83. The van der Waals surface area contributed by atoms with Gasteiger partial charge >= 0.3 is 5.97 Å². The molecule has 0 bridgehead atoms. The summed E-state index contributed by atoms with van der Waals surface area (Å²) in [4.78, 5) is 13.6. The Labute approximate surface area is 103 Å². The molecule has 1 heterocycles. The van der Waals surface area contributed by atoms with Crippen LogP contribution in [0, 0.1) is 11.8 Å². The van der Waals surface area contributed by atoms with Crippen molar-refractivity contribution in [3.8, 4) is 0 Å². The highest BCUT2D eigenvalue weighted by Gasteiger charge is 2.37. The monoisotopic (exact) mass is 241 g/mol. The van der Waals surface area contributed by atoms with Gasteiger partial charge in [-0.2, -0.15) is 0 Å². The number of carbonyl (C=O) groups is 1. The molecule has 17 heavy (non-hydrogen) atoms. The number of methoxy groups -OCH3 is 1. The lowest BCUT2D eigenvalue weighted by molar-refractivity contribution is -0.143. The Morgan fingerprint density at radius 2 is 2.00 bits per heavy atom. The summed E-state index contributed by atoms with van der Waals surface area (Å²) in [5.41, 5.74) is 0. The van der Waals surface area contributed by atoms with Gasteiger partial charge in [0, 0.05) is 19.8 Å². The van der Waals surface area contributed by atoms with Crippen LogP contribution in [0.2, 0.25) is 0 Å². The van der Waals surface area contributed by atoms with E-state index < -0.39 is 5.97 Å². The van der Waals surface area contributed by atoms with E-state index in [1.54, 1.807) is 7.11 Å². The maximum absolute atomic E-state index is 11.2. The summed E-state index contributed by atoms with van der Waals surface area (Å²) in [5.74, 6) is -0.0681. The molecule has 0 aromatic carbocycles. The molecule has 1 saturated carbocycles. The molecule has 0 amide bonds. The van der Waals surface area contributed by atoms with Gasteiger partial charge in [-0.15, -0.1) is 0 Å². The summed E-state index contributed by atoms with van der Waals surface area (Å²) >= 11 is 0. The van der Waals surface area contributed by atoms with Gasteiger partial charge in [-0.05, 0) is 44.7 Å². The molecule has 98 valence electrons. The highest BCUT2D eigenvalue weighted by atomic mass is 16.5. The van der Waals surface area contributed by atoms with Crippen LogP contribution in [0.3, 0.4) is 0 Å². The molecule has 1 saturated heterocycles. The topological polar surface area (TPSA) is 49.8 Å². The first kappa shape index (κ1) is 12.8. The third-order valence-corrected chi connectivity index (χ3v) is 4.32. The number of carboxylic acids is 1. The first-order valence-electron chi connectivity index (χ1n) is 6.68. The molecule has 2 fully saturated rings. The van der Waals surface area contributed by atoms with Crippen molar-refractivity contribution < 1.29 is 14.6 Å². The number of carboxylic acid groups (broad SMARTS) is 1. The summed E-state index contributed by atoms with van der Waals surface area (Å²) < 4.78 is 5.19. The lowest BCUT2D eigenvalue weighted by Gasteiger charge is -2.37. The fraction of sp³-hybridized carbons (Fsp3) is 0.923. The highest BCUT2D eigenvalue weighted by molar-refractivity contribution is 5.71. The van der Waals surface area contributed by atoms with Crippen LogP contribution in [0.15, 0.2) is 0 Å². The second-order valence-corrected chi connectivity index (χ2v) is 5.38. The normalized spacial score (nSPS) is 31.8. The van der Waals surface area contributed by atoms with Crippen molar-refractivity contribution in [1.29, 1.82) is 0 Å². The van der Waals surface area contributed by atoms with E-state index >= 15 is 0 Å². The zero-order valence-electron chi connectivity index (χ0n) is 10.6. The minimum atomic E-state index is -0.605. The van der Waals surface area contributed by atoms with Crippen LogP contribution in [0.4, 0.5) is 0 Å². The van der Waals surface area contributed by atoms with E-state index in [9.17, 15) is 9.90 Å². The molecular formula is C13H23NO3. The Morgan fingerprint density at radius 1 is 1.29 bits per heavy atom. The zero-order chi connectivity index (χ0) is 12.3. The molecule has 0 aromatic heterocycles. The van der Waals surface area contributed by atoms with Crippen LogP contribution in [-0.2, 0) is 9.53 Å². The van der Waals surface area contributed by atoms with Crippen LogP contribution in [-0.4, -0.2) is 48.8 Å². The third kappa shape index (κ3) is 2.99. The molecule has 0 spiro atoms. The maximum Gasteiger partial charge on any atom is 0.308 e. The van der Waals surface area contributed by atoms with Gasteiger partial charge in [0.2, 0.25) is 0 Å². The molecule has 1 aliphatic heterocycles. The summed E-state index contributed by atoms with van der Waals surface area (Å²) in [6.45, 7) is 2.94. The van der Waals surface area contributed by atoms with Crippen LogP contribution in [0.25, 0.3) is 0 Å². The Hall–Kier alpha value is -0.610. The molecule has 2 atom stereocenters. The fourth-order valence-corrected chi connectivity index (χ4v) is 3.35. The lowest BCUT2D eigenvalue weighted by atomic mass is 9.94. The smallest absolute Gasteiger partial charge is 0.308 e. The number of hydrogen-bond donors (Lipinski definition) is 1. The lowest BCUT2D eigenvalue weighted by Crippen LogP contribution is -2.45. The standard InChI is InChI=1S/C13H23NO3/c1-17-9-10-5-7-14(8-6-10)12-4-2-3-11(12)13(15)16/h10-12H,2-9H2,1H3,(H,15,16). The number of ether oxygens (including phenoxy) is 1. The van der Waals surface area contributed by atoms with Gasteiger partial charge in [-0.25, -0.2) is 0 Å². The van der Waals surface area contributed by atoms with Crippen molar-refractivity contribution in [3.05, 3.63) is 0 Å². The zero-order valence-corrected chi connectivity index (χ0v) is 10.6. The quantitative estimate of drug-likeness (QED) is 0.812. The predicted molar refractivity (Wildman–Crippen MR) is 64.9 cm³/mol. The van der Waals surface area contributed by atoms with Gasteiger partial charge in [0.15, 0.2) is 0 Å². The first-order chi connectivity index (χ1) is 8.22. The van der Waals surface area contributed by atoms with Crippen molar-refractivity contribution >= 4 is 5.97 Å². The van der Waals surface area contributed by atoms with Gasteiger partial charge in [0.1, 0.15) is 0 Å². The third-order valence-electron chi connectivity index (χ3n) is 4.32. The molecule has 1 N–H and O–H groups in total. The number of piperidine rings is 1. The van der Waals surface area contributed by atoms with Crippen molar-refractivity contribution in [1.82, 2.24) is 4.90 Å². The van der Waals surface area contributed by atoms with Gasteiger partial charge < -0.3 is 9.84 Å². The summed E-state index contributed by atoms with van der Waals surface area (Å²) in [5, 5.41) is 9.20. The Balaban J connectivity index is 1.85. The number of rotatable bonds is 4. The van der Waals surface area contributed by atoms with E-state index in [2.05, 4.69) is 4.90 Å². The van der Waals surface area contributed by atoms with E-state index in [-0.39, 0.29) is 12.0 Å². The highest BCUT2D eigenvalue weighted by Crippen LogP contribution is 2.32. The van der Waals surface area contributed by atoms with E-state index in [1.165, 1.54) is 0 Å². The van der Waals surface area contributed by atoms with E-state index in [0.29, 0.717) is 5.92 Å². The SMILES string of the molecule is COCC1CCN(C2CCCC2C(=O)O)CC1. The Kier molecular flexibility index (Phi) is 4.40. The minimum absolute atomic E-state index is 0.131. The number of likely N-dealkylation sites (tertiary alicyclic amines) is 1. The largest absolute Gasteiger partial charge is 0.481 e. The van der Waals surface area contributed by atoms with E-state index in [4.69, 9.17) is 4.74 Å². The molecule has 2 aliphatic rings. The molecule has 0 radical (unpaired) electrons. The van der Waals surface area contributed by atoms with Crippen LogP contribution < -0.4 is 0 Å². The summed E-state index contributed by atoms with van der Waals surface area (Å²) in [6, 6.07) is 0.288. The Morgan fingerprint density at radius 3 is 2.59 bits per heavy atom. The molecule has 1 aliphatic carbocycles. The van der Waals surface area contributed by atoms with Crippen LogP contribution >= 0.6 is 0 Å². The van der Waals surface area contributed by atoms with Crippen LogP contribution in [0.5, 0.6) is 0 Å². The number of hydrogen-bond acceptors (Lipinski definition) is 3.